The third kappa shape index (κ3) is 4.47. The molecule has 0 radical (unpaired) electrons. The number of pyridine rings is 1. The number of amides is 1. The molecule has 4 aromatic rings. The largest absolute Gasteiger partial charge is 0.298 e. The summed E-state index contributed by atoms with van der Waals surface area (Å²) in [5.74, 6) is -0.180. The topological polar surface area (TPSA) is 54.9 Å². The Balaban J connectivity index is 1.54. The highest BCUT2D eigenvalue weighted by Gasteiger charge is 2.14. The predicted molar refractivity (Wildman–Crippen MR) is 123 cm³/mol. The first-order valence-electron chi connectivity index (χ1n) is 9.82. The summed E-state index contributed by atoms with van der Waals surface area (Å²) in [4.78, 5) is 21.0. The van der Waals surface area contributed by atoms with Gasteiger partial charge in [-0.05, 0) is 61.6 Å². The second-order valence-electron chi connectivity index (χ2n) is 7.49. The maximum absolute atomic E-state index is 12.4. The molecule has 0 aliphatic rings. The van der Waals surface area contributed by atoms with E-state index in [0.29, 0.717) is 10.7 Å². The molecule has 150 valence electrons. The van der Waals surface area contributed by atoms with E-state index in [2.05, 4.69) is 72.5 Å². The van der Waals surface area contributed by atoms with Gasteiger partial charge < -0.3 is 0 Å². The van der Waals surface area contributed by atoms with E-state index in [-0.39, 0.29) is 5.91 Å². The number of hydrogen-bond donors (Lipinski definition) is 1. The van der Waals surface area contributed by atoms with E-state index < -0.39 is 0 Å². The van der Waals surface area contributed by atoms with E-state index in [1.54, 1.807) is 24.5 Å². The number of benzene rings is 2. The fourth-order valence-corrected chi connectivity index (χ4v) is 4.32. The van der Waals surface area contributed by atoms with Crippen molar-refractivity contribution in [2.75, 3.05) is 5.32 Å². The lowest BCUT2D eigenvalue weighted by Crippen LogP contribution is -2.11. The molecule has 0 fully saturated rings. The Morgan fingerprint density at radius 2 is 1.60 bits per heavy atom. The van der Waals surface area contributed by atoms with Crippen LogP contribution in [-0.4, -0.2) is 15.9 Å². The van der Waals surface area contributed by atoms with E-state index in [1.165, 1.54) is 39.2 Å². The highest BCUT2D eigenvalue weighted by Crippen LogP contribution is 2.32. The third-order valence-electron chi connectivity index (χ3n) is 5.04. The lowest BCUT2D eigenvalue weighted by Gasteiger charge is -2.11. The molecule has 4 nitrogen and oxygen atoms in total. The Kier molecular flexibility index (Phi) is 5.72. The van der Waals surface area contributed by atoms with Gasteiger partial charge in [0.2, 0.25) is 0 Å². The van der Waals surface area contributed by atoms with Crippen molar-refractivity contribution in [3.8, 4) is 11.3 Å². The van der Waals surface area contributed by atoms with Gasteiger partial charge in [-0.3, -0.25) is 15.1 Å². The van der Waals surface area contributed by atoms with Gasteiger partial charge in [-0.25, -0.2) is 4.98 Å². The number of aryl methyl sites for hydroxylation is 3. The summed E-state index contributed by atoms with van der Waals surface area (Å²) in [5.41, 5.74) is 8.83. The van der Waals surface area contributed by atoms with E-state index in [4.69, 9.17) is 0 Å². The zero-order valence-corrected chi connectivity index (χ0v) is 18.1. The molecule has 0 unspecified atom stereocenters. The summed E-state index contributed by atoms with van der Waals surface area (Å²) in [6, 6.07) is 16.5. The number of carbonyl (C=O) groups is 1. The molecule has 0 aliphatic heterocycles. The molecule has 2 aromatic carbocycles. The summed E-state index contributed by atoms with van der Waals surface area (Å²) in [6.07, 6.45) is 4.12. The smallest absolute Gasteiger partial charge is 0.257 e. The first-order valence-corrected chi connectivity index (χ1v) is 10.7. The van der Waals surface area contributed by atoms with Crippen LogP contribution in [0.1, 0.15) is 38.2 Å². The van der Waals surface area contributed by atoms with Crippen molar-refractivity contribution in [3.05, 3.63) is 99.7 Å². The number of thiazole rings is 1. The number of nitrogens with zero attached hydrogens (tertiary/aromatic N) is 2. The lowest BCUT2D eigenvalue weighted by molar-refractivity contribution is 0.102. The van der Waals surface area contributed by atoms with Gasteiger partial charge in [0.15, 0.2) is 5.13 Å². The van der Waals surface area contributed by atoms with Crippen molar-refractivity contribution in [1.29, 1.82) is 0 Å². The van der Waals surface area contributed by atoms with Crippen LogP contribution in [0, 0.1) is 20.8 Å². The molecule has 2 aromatic heterocycles. The van der Waals surface area contributed by atoms with Crippen LogP contribution in [0.15, 0.2) is 66.3 Å². The summed E-state index contributed by atoms with van der Waals surface area (Å²) in [7, 11) is 0. The highest BCUT2D eigenvalue weighted by atomic mass is 32.1. The van der Waals surface area contributed by atoms with Crippen molar-refractivity contribution >= 4 is 22.4 Å². The van der Waals surface area contributed by atoms with Gasteiger partial charge in [0.05, 0.1) is 5.69 Å². The first-order chi connectivity index (χ1) is 14.5. The molecule has 0 aliphatic carbocycles. The van der Waals surface area contributed by atoms with Crippen molar-refractivity contribution in [2.45, 2.75) is 27.2 Å². The molecule has 30 heavy (non-hydrogen) atoms. The summed E-state index contributed by atoms with van der Waals surface area (Å²) in [5, 5.41) is 5.47. The predicted octanol–water partition coefficient (Wildman–Crippen LogP) is 5.97. The average molecular weight is 414 g/mol. The van der Waals surface area contributed by atoms with Crippen molar-refractivity contribution in [1.82, 2.24) is 9.97 Å². The molecule has 0 atom stereocenters. The van der Waals surface area contributed by atoms with Crippen LogP contribution >= 0.6 is 11.3 Å². The van der Waals surface area contributed by atoms with E-state index >= 15 is 0 Å². The number of anilines is 1. The van der Waals surface area contributed by atoms with Gasteiger partial charge in [0, 0.05) is 28.9 Å². The summed E-state index contributed by atoms with van der Waals surface area (Å²) < 4.78 is 0. The molecule has 2 heterocycles. The first kappa shape index (κ1) is 20.0. The van der Waals surface area contributed by atoms with Crippen molar-refractivity contribution in [2.24, 2.45) is 0 Å². The Bertz CT molecular complexity index is 1160. The van der Waals surface area contributed by atoms with Crippen LogP contribution in [-0.2, 0) is 6.42 Å². The van der Waals surface area contributed by atoms with Crippen LogP contribution in [0.2, 0.25) is 0 Å². The van der Waals surface area contributed by atoms with Crippen LogP contribution in [0.25, 0.3) is 11.3 Å². The van der Waals surface area contributed by atoms with Gasteiger partial charge in [-0.1, -0.05) is 42.0 Å². The Hall–Kier alpha value is -3.31. The van der Waals surface area contributed by atoms with E-state index in [9.17, 15) is 4.79 Å². The maximum Gasteiger partial charge on any atom is 0.257 e. The van der Waals surface area contributed by atoms with Crippen LogP contribution in [0.3, 0.4) is 0 Å². The Morgan fingerprint density at radius 3 is 2.27 bits per heavy atom. The normalized spacial score (nSPS) is 10.8. The standard InChI is InChI=1S/C25H23N3OS/c1-16-4-6-19(7-5-16)14-20-12-17(2)23(18(3)13-20)22-15-30-25(27-22)28-24(29)21-8-10-26-11-9-21/h4-13,15H,14H2,1-3H3,(H,27,28,29). The Labute approximate surface area is 180 Å². The Morgan fingerprint density at radius 1 is 0.933 bits per heavy atom. The van der Waals surface area contributed by atoms with Gasteiger partial charge in [0.25, 0.3) is 5.91 Å². The fraction of sp³-hybridized carbons (Fsp3) is 0.160. The lowest BCUT2D eigenvalue weighted by atomic mass is 9.94. The third-order valence-corrected chi connectivity index (χ3v) is 5.80. The maximum atomic E-state index is 12.4. The zero-order chi connectivity index (χ0) is 21.1. The highest BCUT2D eigenvalue weighted by molar-refractivity contribution is 7.14. The molecule has 1 N–H and O–H groups in total. The second-order valence-corrected chi connectivity index (χ2v) is 8.35. The minimum atomic E-state index is -0.180. The minimum Gasteiger partial charge on any atom is -0.298 e. The average Bonchev–Trinajstić information content (AvgIpc) is 3.18. The number of hydrogen-bond acceptors (Lipinski definition) is 4. The molecule has 5 heteroatoms. The van der Waals surface area contributed by atoms with E-state index in [1.807, 2.05) is 5.38 Å². The summed E-state index contributed by atoms with van der Waals surface area (Å²) >= 11 is 1.43. The fourth-order valence-electron chi connectivity index (χ4n) is 3.62. The monoisotopic (exact) mass is 413 g/mol. The summed E-state index contributed by atoms with van der Waals surface area (Å²) in [6.45, 7) is 6.35. The van der Waals surface area contributed by atoms with Gasteiger partial charge in [-0.2, -0.15) is 0 Å². The SMILES string of the molecule is Cc1ccc(Cc2cc(C)c(-c3csc(NC(=O)c4ccncc4)n3)c(C)c2)cc1. The molecule has 1 amide bonds. The van der Waals surface area contributed by atoms with Crippen LogP contribution < -0.4 is 5.32 Å². The van der Waals surface area contributed by atoms with E-state index in [0.717, 1.165) is 17.7 Å². The molecule has 0 spiro atoms. The molecule has 0 bridgehead atoms. The number of rotatable bonds is 5. The molecule has 0 saturated carbocycles. The van der Waals surface area contributed by atoms with Crippen LogP contribution in [0.5, 0.6) is 0 Å². The molecular formula is C25H23N3OS. The molecule has 4 rings (SSSR count). The number of aromatic nitrogens is 2. The minimum absolute atomic E-state index is 0.180. The quantitative estimate of drug-likeness (QED) is 0.438. The number of nitrogens with one attached hydrogen (secondary N) is 1. The molecular weight excluding hydrogens is 390 g/mol. The number of carbonyl (C=O) groups excluding carboxylic acids is 1. The van der Waals surface area contributed by atoms with Gasteiger partial charge in [-0.15, -0.1) is 11.3 Å². The van der Waals surface area contributed by atoms with Crippen LogP contribution in [0.4, 0.5) is 5.13 Å². The second kappa shape index (κ2) is 8.59. The zero-order valence-electron chi connectivity index (χ0n) is 17.3. The van der Waals surface area contributed by atoms with Gasteiger partial charge >= 0.3 is 0 Å². The van der Waals surface area contributed by atoms with Crippen molar-refractivity contribution < 1.29 is 4.79 Å². The van der Waals surface area contributed by atoms with Gasteiger partial charge in [0.1, 0.15) is 0 Å². The molecule has 0 saturated heterocycles. The van der Waals surface area contributed by atoms with Crippen molar-refractivity contribution in [3.63, 3.8) is 0 Å².